The van der Waals surface area contributed by atoms with Crippen LogP contribution in [0.1, 0.15) is 31.4 Å². The number of thiocarbonyl (C=S) groups is 1. The fraction of sp³-hybridized carbons (Fsp3) is 0.462. The zero-order valence-electron chi connectivity index (χ0n) is 10.2. The summed E-state index contributed by atoms with van der Waals surface area (Å²) in [6.07, 6.45) is 2.46. The monoisotopic (exact) mass is 250 g/mol. The molecule has 1 aliphatic rings. The molecule has 1 atom stereocenters. The van der Waals surface area contributed by atoms with Gasteiger partial charge in [-0.05, 0) is 49.7 Å². The van der Waals surface area contributed by atoms with E-state index in [0.717, 1.165) is 10.9 Å². The molecule has 3 nitrogen and oxygen atoms in total. The molecule has 1 aromatic rings. The van der Waals surface area contributed by atoms with Crippen molar-refractivity contribution in [3.63, 3.8) is 0 Å². The number of nitrogens with one attached hydrogen (secondary N) is 2. The predicted octanol–water partition coefficient (Wildman–Crippen LogP) is 2.38. The second kappa shape index (κ2) is 5.36. The van der Waals surface area contributed by atoms with Crippen LogP contribution < -0.4 is 15.4 Å². The lowest BCUT2D eigenvalue weighted by atomic mass is 10.1. The Bertz CT molecular complexity index is 404. The number of ether oxygens (including phenoxy) is 1. The van der Waals surface area contributed by atoms with E-state index < -0.39 is 0 Å². The Morgan fingerprint density at radius 3 is 2.88 bits per heavy atom. The summed E-state index contributed by atoms with van der Waals surface area (Å²) >= 11 is 5.25. The lowest BCUT2D eigenvalue weighted by Crippen LogP contribution is -2.37. The second-order valence-electron chi connectivity index (χ2n) is 4.39. The van der Waals surface area contributed by atoms with Crippen LogP contribution in [0.4, 0.5) is 0 Å². The Morgan fingerprint density at radius 2 is 2.24 bits per heavy atom. The Labute approximate surface area is 108 Å². The quantitative estimate of drug-likeness (QED) is 0.804. The van der Waals surface area contributed by atoms with Gasteiger partial charge in [0.1, 0.15) is 5.75 Å². The van der Waals surface area contributed by atoms with Crippen LogP contribution in [0.25, 0.3) is 0 Å². The smallest absolute Gasteiger partial charge is 0.166 e. The van der Waals surface area contributed by atoms with Crippen LogP contribution in [0.3, 0.4) is 0 Å². The van der Waals surface area contributed by atoms with Crippen LogP contribution in [0.5, 0.6) is 5.75 Å². The van der Waals surface area contributed by atoms with E-state index in [1.807, 2.05) is 18.2 Å². The summed E-state index contributed by atoms with van der Waals surface area (Å²) in [5, 5.41) is 7.29. The number of hydrogen-bond acceptors (Lipinski definition) is 2. The van der Waals surface area contributed by atoms with Gasteiger partial charge in [-0.1, -0.05) is 12.1 Å². The van der Waals surface area contributed by atoms with Gasteiger partial charge in [0.05, 0.1) is 13.2 Å². The molecule has 0 bridgehead atoms. The van der Waals surface area contributed by atoms with E-state index in [1.165, 1.54) is 18.4 Å². The Morgan fingerprint density at radius 1 is 1.47 bits per heavy atom. The van der Waals surface area contributed by atoms with Crippen LogP contribution in [-0.2, 0) is 0 Å². The molecule has 0 spiro atoms. The van der Waals surface area contributed by atoms with Gasteiger partial charge in [-0.15, -0.1) is 0 Å². The van der Waals surface area contributed by atoms with Crippen molar-refractivity contribution >= 4 is 17.3 Å². The minimum Gasteiger partial charge on any atom is -0.497 e. The molecule has 1 fully saturated rings. The van der Waals surface area contributed by atoms with Crippen LogP contribution in [0.2, 0.25) is 0 Å². The summed E-state index contributed by atoms with van der Waals surface area (Å²) in [4.78, 5) is 0. The van der Waals surface area contributed by atoms with Gasteiger partial charge < -0.3 is 15.4 Å². The average Bonchev–Trinajstić information content (AvgIpc) is 3.12. The maximum atomic E-state index is 5.25. The molecule has 1 aromatic carbocycles. The molecule has 0 heterocycles. The van der Waals surface area contributed by atoms with Crippen LogP contribution in [0.15, 0.2) is 24.3 Å². The van der Waals surface area contributed by atoms with Gasteiger partial charge in [-0.2, -0.15) is 0 Å². The molecule has 1 aliphatic carbocycles. The first-order chi connectivity index (χ1) is 8.19. The molecule has 0 amide bonds. The van der Waals surface area contributed by atoms with Crippen molar-refractivity contribution in [1.82, 2.24) is 10.6 Å². The highest BCUT2D eigenvalue weighted by molar-refractivity contribution is 7.80. The topological polar surface area (TPSA) is 33.3 Å². The van der Waals surface area contributed by atoms with Gasteiger partial charge in [0.15, 0.2) is 5.11 Å². The number of rotatable bonds is 4. The van der Waals surface area contributed by atoms with E-state index >= 15 is 0 Å². The first-order valence-corrected chi connectivity index (χ1v) is 6.31. The van der Waals surface area contributed by atoms with Gasteiger partial charge in [0, 0.05) is 6.04 Å². The predicted molar refractivity (Wildman–Crippen MR) is 73.3 cm³/mol. The fourth-order valence-electron chi connectivity index (χ4n) is 1.65. The van der Waals surface area contributed by atoms with Gasteiger partial charge in [0.25, 0.3) is 0 Å². The normalized spacial score (nSPS) is 16.1. The molecule has 0 saturated heterocycles. The third-order valence-electron chi connectivity index (χ3n) is 2.85. The Kier molecular flexibility index (Phi) is 3.84. The highest BCUT2D eigenvalue weighted by atomic mass is 32.1. The zero-order valence-corrected chi connectivity index (χ0v) is 11.0. The van der Waals surface area contributed by atoms with Crippen molar-refractivity contribution in [3.05, 3.63) is 29.8 Å². The summed E-state index contributed by atoms with van der Waals surface area (Å²) in [6, 6.07) is 8.80. The van der Waals surface area contributed by atoms with Crippen molar-refractivity contribution in [1.29, 1.82) is 0 Å². The number of methoxy groups -OCH3 is 1. The highest BCUT2D eigenvalue weighted by Crippen LogP contribution is 2.20. The lowest BCUT2D eigenvalue weighted by Gasteiger charge is -2.17. The first-order valence-electron chi connectivity index (χ1n) is 5.90. The number of benzene rings is 1. The molecule has 1 unspecified atom stereocenters. The number of hydrogen-bond donors (Lipinski definition) is 2. The molecule has 0 aliphatic heterocycles. The van der Waals surface area contributed by atoms with Crippen molar-refractivity contribution in [3.8, 4) is 5.75 Å². The molecule has 1 saturated carbocycles. The maximum Gasteiger partial charge on any atom is 0.166 e. The van der Waals surface area contributed by atoms with Crippen LogP contribution in [-0.4, -0.2) is 18.3 Å². The lowest BCUT2D eigenvalue weighted by molar-refractivity contribution is 0.413. The van der Waals surface area contributed by atoms with Crippen molar-refractivity contribution in [2.45, 2.75) is 31.8 Å². The standard InChI is InChI=1S/C13H18N2OS/c1-9(14-13(17)15-11-6-7-11)10-4-3-5-12(8-10)16-2/h3-5,8-9,11H,6-7H2,1-2H3,(H2,14,15,17). The molecule has 0 radical (unpaired) electrons. The van der Waals surface area contributed by atoms with Gasteiger partial charge in [-0.25, -0.2) is 0 Å². The van der Waals surface area contributed by atoms with E-state index in [1.54, 1.807) is 7.11 Å². The summed E-state index contributed by atoms with van der Waals surface area (Å²) in [7, 11) is 1.68. The molecule has 17 heavy (non-hydrogen) atoms. The third kappa shape index (κ3) is 3.60. The average molecular weight is 250 g/mol. The van der Waals surface area contributed by atoms with E-state index in [-0.39, 0.29) is 6.04 Å². The van der Waals surface area contributed by atoms with Crippen molar-refractivity contribution < 1.29 is 4.74 Å². The minimum atomic E-state index is 0.184. The van der Waals surface area contributed by atoms with Crippen molar-refractivity contribution in [2.75, 3.05) is 7.11 Å². The molecule has 0 aromatic heterocycles. The summed E-state index contributed by atoms with van der Waals surface area (Å²) in [5.74, 6) is 0.872. The summed E-state index contributed by atoms with van der Waals surface area (Å²) < 4.78 is 5.21. The molecule has 4 heteroatoms. The second-order valence-corrected chi connectivity index (χ2v) is 4.80. The van der Waals surface area contributed by atoms with E-state index in [4.69, 9.17) is 17.0 Å². The molecular weight excluding hydrogens is 232 g/mol. The first kappa shape index (κ1) is 12.2. The third-order valence-corrected chi connectivity index (χ3v) is 3.09. The van der Waals surface area contributed by atoms with Crippen molar-refractivity contribution in [2.24, 2.45) is 0 Å². The van der Waals surface area contributed by atoms with Gasteiger partial charge in [-0.3, -0.25) is 0 Å². The molecule has 92 valence electrons. The maximum absolute atomic E-state index is 5.25. The van der Waals surface area contributed by atoms with E-state index in [9.17, 15) is 0 Å². The van der Waals surface area contributed by atoms with Gasteiger partial charge >= 0.3 is 0 Å². The van der Waals surface area contributed by atoms with E-state index in [2.05, 4.69) is 23.6 Å². The van der Waals surface area contributed by atoms with Crippen LogP contribution >= 0.6 is 12.2 Å². The van der Waals surface area contributed by atoms with Gasteiger partial charge in [0.2, 0.25) is 0 Å². The Balaban J connectivity index is 1.92. The highest BCUT2D eigenvalue weighted by Gasteiger charge is 2.22. The van der Waals surface area contributed by atoms with E-state index in [0.29, 0.717) is 6.04 Å². The molecule has 2 N–H and O–H groups in total. The fourth-order valence-corrected chi connectivity index (χ4v) is 1.99. The summed E-state index contributed by atoms with van der Waals surface area (Å²) in [5.41, 5.74) is 1.17. The minimum absolute atomic E-state index is 0.184. The molecule has 2 rings (SSSR count). The Hall–Kier alpha value is -1.29. The summed E-state index contributed by atoms with van der Waals surface area (Å²) in [6.45, 7) is 2.09. The molecular formula is C13H18N2OS. The largest absolute Gasteiger partial charge is 0.497 e. The van der Waals surface area contributed by atoms with Crippen LogP contribution in [0, 0.1) is 0 Å². The zero-order chi connectivity index (χ0) is 12.3. The SMILES string of the molecule is COc1cccc(C(C)NC(=S)NC2CC2)c1.